The molecule has 5 heteroatoms. The van der Waals surface area contributed by atoms with E-state index in [1.165, 1.54) is 6.07 Å². The minimum absolute atomic E-state index is 0.0387. The van der Waals surface area contributed by atoms with Crippen molar-refractivity contribution in [1.29, 1.82) is 0 Å². The van der Waals surface area contributed by atoms with Crippen LogP contribution >= 0.6 is 0 Å². The Hall–Kier alpha value is -1.62. The van der Waals surface area contributed by atoms with Crippen LogP contribution < -0.4 is 10.6 Å². The lowest BCUT2D eigenvalue weighted by Crippen LogP contribution is -2.52. The molecule has 98 valence electrons. The summed E-state index contributed by atoms with van der Waals surface area (Å²) in [5.41, 5.74) is 6.17. The number of benzene rings is 1. The van der Waals surface area contributed by atoms with Crippen LogP contribution in [-0.2, 0) is 4.79 Å². The second-order valence-corrected chi connectivity index (χ2v) is 4.55. The molecule has 1 heterocycles. The summed E-state index contributed by atoms with van der Waals surface area (Å²) in [6.45, 7) is 4.15. The molecule has 1 aromatic rings. The van der Waals surface area contributed by atoms with E-state index in [0.717, 1.165) is 0 Å². The van der Waals surface area contributed by atoms with Gasteiger partial charge in [-0.1, -0.05) is 12.1 Å². The van der Waals surface area contributed by atoms with Gasteiger partial charge in [-0.3, -0.25) is 4.79 Å². The van der Waals surface area contributed by atoms with Gasteiger partial charge < -0.3 is 15.5 Å². The van der Waals surface area contributed by atoms with Gasteiger partial charge >= 0.3 is 0 Å². The van der Waals surface area contributed by atoms with E-state index in [2.05, 4.69) is 0 Å². The Balaban J connectivity index is 1.99. The topological polar surface area (TPSA) is 49.6 Å². The normalized spacial score (nSPS) is 17.7. The fraction of sp³-hybridized carbons (Fsp3) is 0.462. The molecule has 1 aliphatic rings. The van der Waals surface area contributed by atoms with E-state index in [0.29, 0.717) is 31.9 Å². The molecule has 0 bridgehead atoms. The van der Waals surface area contributed by atoms with Crippen molar-refractivity contribution in [2.75, 3.05) is 31.1 Å². The Labute approximate surface area is 106 Å². The zero-order chi connectivity index (χ0) is 13.1. The monoisotopic (exact) mass is 251 g/mol. The fourth-order valence-corrected chi connectivity index (χ4v) is 2.16. The maximum absolute atomic E-state index is 13.6. The van der Waals surface area contributed by atoms with Crippen molar-refractivity contribution in [3.05, 3.63) is 30.1 Å². The van der Waals surface area contributed by atoms with Crippen LogP contribution in [-0.4, -0.2) is 43.0 Å². The number of halogens is 1. The summed E-state index contributed by atoms with van der Waals surface area (Å²) in [7, 11) is 0. The lowest BCUT2D eigenvalue weighted by Gasteiger charge is -2.36. The molecule has 1 amide bonds. The molecule has 1 aromatic carbocycles. The molecule has 1 saturated heterocycles. The highest BCUT2D eigenvalue weighted by Crippen LogP contribution is 2.20. The van der Waals surface area contributed by atoms with Crippen molar-refractivity contribution >= 4 is 11.6 Å². The average Bonchev–Trinajstić information content (AvgIpc) is 2.38. The third kappa shape index (κ3) is 2.61. The van der Waals surface area contributed by atoms with Crippen molar-refractivity contribution in [3.8, 4) is 0 Å². The summed E-state index contributed by atoms with van der Waals surface area (Å²) < 4.78 is 13.6. The van der Waals surface area contributed by atoms with E-state index in [4.69, 9.17) is 5.73 Å². The molecule has 2 rings (SSSR count). The number of rotatable bonds is 2. The zero-order valence-electron chi connectivity index (χ0n) is 10.5. The number of carbonyl (C=O) groups excluding carboxylic acids is 1. The summed E-state index contributed by atoms with van der Waals surface area (Å²) >= 11 is 0. The van der Waals surface area contributed by atoms with Crippen LogP contribution in [0.15, 0.2) is 24.3 Å². The van der Waals surface area contributed by atoms with Gasteiger partial charge in [-0.2, -0.15) is 0 Å². The molecule has 1 aliphatic heterocycles. The lowest BCUT2D eigenvalue weighted by atomic mass is 10.2. The summed E-state index contributed by atoms with van der Waals surface area (Å²) in [5.74, 6) is -0.257. The van der Waals surface area contributed by atoms with Crippen molar-refractivity contribution in [3.63, 3.8) is 0 Å². The maximum atomic E-state index is 13.6. The molecular weight excluding hydrogens is 233 g/mol. The Morgan fingerprint density at radius 2 is 1.89 bits per heavy atom. The Morgan fingerprint density at radius 3 is 2.44 bits per heavy atom. The third-order valence-corrected chi connectivity index (χ3v) is 3.17. The van der Waals surface area contributed by atoms with Gasteiger partial charge in [-0.25, -0.2) is 4.39 Å². The van der Waals surface area contributed by atoms with Gasteiger partial charge in [0.2, 0.25) is 5.91 Å². The molecule has 1 fully saturated rings. The fourth-order valence-electron chi connectivity index (χ4n) is 2.16. The highest BCUT2D eigenvalue weighted by Gasteiger charge is 2.24. The van der Waals surface area contributed by atoms with Crippen LogP contribution in [0.2, 0.25) is 0 Å². The molecule has 0 radical (unpaired) electrons. The average molecular weight is 251 g/mol. The number of piperazine rings is 1. The van der Waals surface area contributed by atoms with Crippen LogP contribution in [0.25, 0.3) is 0 Å². The van der Waals surface area contributed by atoms with Crippen LogP contribution in [0.1, 0.15) is 6.92 Å². The summed E-state index contributed by atoms with van der Waals surface area (Å²) in [4.78, 5) is 15.4. The number of anilines is 1. The second-order valence-electron chi connectivity index (χ2n) is 4.55. The van der Waals surface area contributed by atoms with Crippen molar-refractivity contribution < 1.29 is 9.18 Å². The highest BCUT2D eigenvalue weighted by molar-refractivity contribution is 5.81. The number of nitrogens with zero attached hydrogens (tertiary/aromatic N) is 2. The molecular formula is C13H18FN3O. The van der Waals surface area contributed by atoms with E-state index in [1.54, 1.807) is 24.0 Å². The Bertz CT molecular complexity index is 428. The van der Waals surface area contributed by atoms with Crippen molar-refractivity contribution in [2.24, 2.45) is 5.73 Å². The van der Waals surface area contributed by atoms with E-state index < -0.39 is 6.04 Å². The Kier molecular flexibility index (Phi) is 3.81. The first-order chi connectivity index (χ1) is 8.59. The molecule has 0 unspecified atom stereocenters. The summed E-state index contributed by atoms with van der Waals surface area (Å²) in [5, 5.41) is 0. The van der Waals surface area contributed by atoms with Gasteiger partial charge in [0.05, 0.1) is 11.7 Å². The Morgan fingerprint density at radius 1 is 1.28 bits per heavy atom. The number of amides is 1. The first-order valence-electron chi connectivity index (χ1n) is 6.13. The molecule has 0 spiro atoms. The number of nitrogens with two attached hydrogens (primary N) is 1. The maximum Gasteiger partial charge on any atom is 0.239 e. The molecule has 2 N–H and O–H groups in total. The first kappa shape index (κ1) is 12.8. The quantitative estimate of drug-likeness (QED) is 0.846. The van der Waals surface area contributed by atoms with Gasteiger partial charge in [0.1, 0.15) is 5.82 Å². The van der Waals surface area contributed by atoms with Crippen LogP contribution in [0, 0.1) is 5.82 Å². The van der Waals surface area contributed by atoms with Crippen LogP contribution in [0.3, 0.4) is 0 Å². The first-order valence-corrected chi connectivity index (χ1v) is 6.13. The minimum atomic E-state index is -0.468. The number of para-hydroxylation sites is 1. The number of hydrogen-bond donors (Lipinski definition) is 1. The van der Waals surface area contributed by atoms with Crippen LogP contribution in [0.5, 0.6) is 0 Å². The number of carbonyl (C=O) groups is 1. The summed E-state index contributed by atoms with van der Waals surface area (Å²) in [6, 6.07) is 6.24. The predicted molar refractivity (Wildman–Crippen MR) is 68.8 cm³/mol. The lowest BCUT2D eigenvalue weighted by molar-refractivity contribution is -0.132. The van der Waals surface area contributed by atoms with Gasteiger partial charge in [0.25, 0.3) is 0 Å². The van der Waals surface area contributed by atoms with Gasteiger partial charge in [-0.05, 0) is 19.1 Å². The van der Waals surface area contributed by atoms with Gasteiger partial charge in [-0.15, -0.1) is 0 Å². The highest BCUT2D eigenvalue weighted by atomic mass is 19.1. The van der Waals surface area contributed by atoms with Crippen LogP contribution in [0.4, 0.5) is 10.1 Å². The number of hydrogen-bond acceptors (Lipinski definition) is 3. The zero-order valence-corrected chi connectivity index (χ0v) is 10.5. The largest absolute Gasteiger partial charge is 0.366 e. The van der Waals surface area contributed by atoms with E-state index in [-0.39, 0.29) is 11.7 Å². The predicted octanol–water partition coefficient (Wildman–Crippen LogP) is 0.822. The standard InChI is InChI=1S/C13H18FN3O/c1-10(15)13(18)17-8-6-16(7-9-17)12-5-3-2-4-11(12)14/h2-5,10H,6-9,15H2,1H3/t10-/m1/s1. The third-order valence-electron chi connectivity index (χ3n) is 3.17. The molecule has 18 heavy (non-hydrogen) atoms. The van der Waals surface area contributed by atoms with Crippen molar-refractivity contribution in [2.45, 2.75) is 13.0 Å². The van der Waals surface area contributed by atoms with E-state index in [1.807, 2.05) is 11.0 Å². The van der Waals surface area contributed by atoms with E-state index in [9.17, 15) is 9.18 Å². The van der Waals surface area contributed by atoms with Gasteiger partial charge in [0.15, 0.2) is 0 Å². The smallest absolute Gasteiger partial charge is 0.239 e. The molecule has 0 aromatic heterocycles. The summed E-state index contributed by atoms with van der Waals surface area (Å²) in [6.07, 6.45) is 0. The molecule has 4 nitrogen and oxygen atoms in total. The minimum Gasteiger partial charge on any atom is -0.366 e. The van der Waals surface area contributed by atoms with E-state index >= 15 is 0 Å². The van der Waals surface area contributed by atoms with Crippen molar-refractivity contribution in [1.82, 2.24) is 4.90 Å². The van der Waals surface area contributed by atoms with Gasteiger partial charge in [0, 0.05) is 26.2 Å². The SMILES string of the molecule is C[C@@H](N)C(=O)N1CCN(c2ccccc2F)CC1. The molecule has 0 saturated carbocycles. The second kappa shape index (κ2) is 5.35. The molecule has 0 aliphatic carbocycles. The molecule has 1 atom stereocenters.